The van der Waals surface area contributed by atoms with E-state index in [-0.39, 0.29) is 11.8 Å². The van der Waals surface area contributed by atoms with Gasteiger partial charge >= 0.3 is 134 Å². The van der Waals surface area contributed by atoms with Crippen molar-refractivity contribution >= 4 is 25.6 Å². The summed E-state index contributed by atoms with van der Waals surface area (Å²) in [5.41, 5.74) is 0. The Morgan fingerprint density at radius 1 is 1.04 bits per heavy atom. The molecule has 2 aliphatic rings. The molecule has 0 aromatic heterocycles. The van der Waals surface area contributed by atoms with Crippen LogP contribution in [-0.2, 0) is 23.2 Å². The fourth-order valence-corrected chi connectivity index (χ4v) is 5.94. The van der Waals surface area contributed by atoms with Crippen molar-refractivity contribution < 1.29 is 28.0 Å². The average Bonchev–Trinajstić information content (AvgIpc) is 2.85. The van der Waals surface area contributed by atoms with Crippen LogP contribution < -0.4 is 10.2 Å². The Bertz CT molecular complexity index is 514. The van der Waals surface area contributed by atoms with E-state index in [2.05, 4.69) is 10.2 Å². The van der Waals surface area contributed by atoms with Crippen LogP contribution in [-0.4, -0.2) is 49.1 Å². The molecule has 2 N–H and O–H groups in total. The molecule has 2 rings (SSSR count). The molecule has 23 heavy (non-hydrogen) atoms. The molecule has 0 aromatic rings. The Morgan fingerprint density at radius 3 is 1.70 bits per heavy atom. The molecule has 0 unspecified atom stereocenters. The third-order valence-electron chi connectivity index (χ3n) is 3.69. The summed E-state index contributed by atoms with van der Waals surface area (Å²) in [6.45, 7) is 7.23. The Morgan fingerprint density at radius 2 is 1.43 bits per heavy atom. The standard InChI is InChI=1S/C13H24N3O6P/c1-7(2)9-11(17)20-23(14-9,22-13(19)16(5)6)15-10(8(3)4)12(18)21-23/h7-10,14-15H,1-6H3/t9-,10-/m0/s1. The molecule has 2 atom stereocenters. The molecule has 1 amide bonds. The van der Waals surface area contributed by atoms with Gasteiger partial charge in [0.15, 0.2) is 0 Å². The molecule has 0 aromatic carbocycles. The van der Waals surface area contributed by atoms with Crippen LogP contribution in [0.4, 0.5) is 4.79 Å². The van der Waals surface area contributed by atoms with Gasteiger partial charge in [-0.3, -0.25) is 0 Å². The maximum atomic E-state index is 12.2. The fourth-order valence-electron chi connectivity index (χ4n) is 2.34. The molecule has 2 aliphatic heterocycles. The van der Waals surface area contributed by atoms with E-state index in [0.29, 0.717) is 0 Å². The summed E-state index contributed by atoms with van der Waals surface area (Å²) in [5, 5.41) is 5.73. The third-order valence-corrected chi connectivity index (χ3v) is 6.64. The molecule has 2 heterocycles. The van der Waals surface area contributed by atoms with E-state index in [1.807, 2.05) is 27.7 Å². The van der Waals surface area contributed by atoms with Gasteiger partial charge in [0.2, 0.25) is 0 Å². The van der Waals surface area contributed by atoms with Gasteiger partial charge in [-0.25, -0.2) is 0 Å². The summed E-state index contributed by atoms with van der Waals surface area (Å²) in [5.74, 6) is -1.51. The van der Waals surface area contributed by atoms with Crippen molar-refractivity contribution in [2.75, 3.05) is 14.1 Å². The number of hydrogen-bond acceptors (Lipinski definition) is 8. The van der Waals surface area contributed by atoms with Crippen LogP contribution in [0, 0.1) is 11.8 Å². The van der Waals surface area contributed by atoms with Crippen molar-refractivity contribution in [3.8, 4) is 0 Å². The third kappa shape index (κ3) is 3.00. The second-order valence-corrected chi connectivity index (χ2v) is 9.49. The summed E-state index contributed by atoms with van der Waals surface area (Å²) in [7, 11) is -1.65. The van der Waals surface area contributed by atoms with E-state index < -0.39 is 37.7 Å². The first-order chi connectivity index (χ1) is 10.5. The Kier molecular flexibility index (Phi) is 4.34. The van der Waals surface area contributed by atoms with E-state index >= 15 is 0 Å². The zero-order valence-corrected chi connectivity index (χ0v) is 15.0. The number of hydrogen-bond donors (Lipinski definition) is 2. The monoisotopic (exact) mass is 349 g/mol. The molecule has 0 bridgehead atoms. The van der Waals surface area contributed by atoms with Crippen LogP contribution >= 0.6 is 7.59 Å². The van der Waals surface area contributed by atoms with E-state index in [4.69, 9.17) is 13.6 Å². The van der Waals surface area contributed by atoms with Crippen molar-refractivity contribution in [2.45, 2.75) is 39.8 Å². The second kappa shape index (κ2) is 5.58. The van der Waals surface area contributed by atoms with Crippen LogP contribution in [0.15, 0.2) is 0 Å². The summed E-state index contributed by atoms with van der Waals surface area (Å²) >= 11 is 0. The molecular formula is C13H24N3O6P. The van der Waals surface area contributed by atoms with Gasteiger partial charge in [0.05, 0.1) is 0 Å². The van der Waals surface area contributed by atoms with Crippen molar-refractivity contribution in [3.05, 3.63) is 0 Å². The van der Waals surface area contributed by atoms with E-state index in [9.17, 15) is 14.4 Å². The zero-order valence-electron chi connectivity index (χ0n) is 14.2. The normalized spacial score (nSPS) is 30.0. The minimum atomic E-state index is -4.61. The number of carbonyl (C=O) groups is 3. The molecule has 132 valence electrons. The molecule has 0 saturated carbocycles. The molecular weight excluding hydrogens is 325 g/mol. The first-order valence-corrected chi connectivity index (χ1v) is 9.46. The van der Waals surface area contributed by atoms with E-state index in [0.717, 1.165) is 4.90 Å². The second-order valence-electron chi connectivity index (χ2n) is 6.66. The van der Waals surface area contributed by atoms with Gasteiger partial charge in [-0.1, -0.05) is 0 Å². The molecule has 1 spiro atoms. The van der Waals surface area contributed by atoms with Gasteiger partial charge in [-0.05, 0) is 0 Å². The van der Waals surface area contributed by atoms with E-state index in [1.54, 1.807) is 0 Å². The molecule has 0 aliphatic carbocycles. The maximum absolute atomic E-state index is 12.2. The van der Waals surface area contributed by atoms with Gasteiger partial charge < -0.3 is 0 Å². The van der Waals surface area contributed by atoms with Crippen molar-refractivity contribution in [1.29, 1.82) is 0 Å². The average molecular weight is 349 g/mol. The van der Waals surface area contributed by atoms with Crippen LogP contribution in [0.25, 0.3) is 0 Å². The SMILES string of the molecule is CC(C)[C@@H]1NP2(OC(=O)N(C)C)(N[C@@H](C(C)C)C(=O)O2)OC1=O. The Balaban J connectivity index is 2.44. The van der Waals surface area contributed by atoms with Gasteiger partial charge in [0.1, 0.15) is 0 Å². The first kappa shape index (κ1) is 17.9. The number of nitrogens with zero attached hydrogens (tertiary/aromatic N) is 1. The van der Waals surface area contributed by atoms with Gasteiger partial charge in [-0.2, -0.15) is 0 Å². The fraction of sp³-hybridized carbons (Fsp3) is 0.769. The topological polar surface area (TPSA) is 106 Å². The number of nitrogens with one attached hydrogen (secondary N) is 2. The Labute approximate surface area is 135 Å². The molecule has 0 radical (unpaired) electrons. The van der Waals surface area contributed by atoms with Crippen LogP contribution in [0.5, 0.6) is 0 Å². The molecule has 2 fully saturated rings. The number of carbonyl (C=O) groups excluding carboxylic acids is 3. The first-order valence-electron chi connectivity index (χ1n) is 7.47. The minimum absolute atomic E-state index is 0.138. The summed E-state index contributed by atoms with van der Waals surface area (Å²) in [4.78, 5) is 37.7. The zero-order chi connectivity index (χ0) is 17.6. The quantitative estimate of drug-likeness (QED) is 0.731. The van der Waals surface area contributed by atoms with Crippen LogP contribution in [0.2, 0.25) is 0 Å². The summed E-state index contributed by atoms with van der Waals surface area (Å²) in [6.07, 6.45) is -0.780. The van der Waals surface area contributed by atoms with Crippen molar-refractivity contribution in [1.82, 2.24) is 15.1 Å². The van der Waals surface area contributed by atoms with Crippen LogP contribution in [0.1, 0.15) is 27.7 Å². The van der Waals surface area contributed by atoms with Gasteiger partial charge in [0.25, 0.3) is 0 Å². The van der Waals surface area contributed by atoms with Gasteiger partial charge in [-0.15, -0.1) is 0 Å². The molecule has 10 heteroatoms. The summed E-state index contributed by atoms with van der Waals surface area (Å²) in [6, 6.07) is -1.48. The number of amides is 1. The molecule has 2 saturated heterocycles. The van der Waals surface area contributed by atoms with Crippen molar-refractivity contribution in [3.63, 3.8) is 0 Å². The molecule has 9 nitrogen and oxygen atoms in total. The summed E-state index contributed by atoms with van der Waals surface area (Å²) < 4.78 is 16.2. The Hall–Kier alpha value is -1.44. The van der Waals surface area contributed by atoms with Gasteiger partial charge in [0, 0.05) is 0 Å². The van der Waals surface area contributed by atoms with Crippen molar-refractivity contribution in [2.24, 2.45) is 11.8 Å². The predicted molar refractivity (Wildman–Crippen MR) is 82.8 cm³/mol. The van der Waals surface area contributed by atoms with E-state index in [1.165, 1.54) is 14.1 Å². The number of rotatable bonds is 3. The van der Waals surface area contributed by atoms with Crippen LogP contribution in [0.3, 0.4) is 0 Å². The predicted octanol–water partition coefficient (Wildman–Crippen LogP) is 1.15.